The average Bonchev–Trinajstić information content (AvgIpc) is 3.91. The Morgan fingerprint density at radius 2 is 1.89 bits per heavy atom. The summed E-state index contributed by atoms with van der Waals surface area (Å²) in [6.07, 6.45) is 4.71. The topological polar surface area (TPSA) is 165 Å². The van der Waals surface area contributed by atoms with E-state index < -0.39 is 29.5 Å². The number of carbonyl (C=O) groups is 4. The molecule has 2 saturated heterocycles. The number of aromatic hydroxyl groups is 1. The molecule has 62 heavy (non-hydrogen) atoms. The van der Waals surface area contributed by atoms with Gasteiger partial charge in [-0.05, 0) is 111 Å². The number of aryl methyl sites for hydroxylation is 1. The highest BCUT2D eigenvalue weighted by Gasteiger charge is 2.38. The number of nitrogens with zero attached hydrogens (tertiary/aromatic N) is 4. The number of fused-ring (bicyclic) bond motifs is 1. The standard InChI is InChI=1S/C48H64N6O8/c1-9-53-40-17-16-33(26-37(40)38(27-48(5,6)28-61-29-55)44(53)36-14-12-18-49-42(36)31(4)60-8)34-22-32(23-35(56)25-34)24-39(46(58)54-20-11-10-19-50-54)51-45(57)43(30(2)3)52(7)47(59)41-15-13-21-62-41/h12,14,16-18,22-23,25-26,29-31,39,41,43,50,56H,9-11,13,15,19-21,24,27-28H2,1-8H3,(H,51,57). The van der Waals surface area contributed by atoms with E-state index in [9.17, 15) is 24.3 Å². The van der Waals surface area contributed by atoms with Gasteiger partial charge in [-0.15, -0.1) is 0 Å². The summed E-state index contributed by atoms with van der Waals surface area (Å²) in [5, 5.41) is 16.9. The van der Waals surface area contributed by atoms with E-state index >= 15 is 0 Å². The van der Waals surface area contributed by atoms with Crippen molar-refractivity contribution >= 4 is 35.1 Å². The fraction of sp³-hybridized carbons (Fsp3) is 0.521. The van der Waals surface area contributed by atoms with Gasteiger partial charge in [-0.3, -0.25) is 29.2 Å². The Bertz CT molecular complexity index is 2220. The number of pyridine rings is 1. The molecule has 4 heterocycles. The Hall–Kier alpha value is -5.31. The third kappa shape index (κ3) is 10.3. The number of aromatic nitrogens is 2. The van der Waals surface area contributed by atoms with Gasteiger partial charge in [-0.1, -0.05) is 39.8 Å². The van der Waals surface area contributed by atoms with E-state index in [0.717, 1.165) is 63.8 Å². The van der Waals surface area contributed by atoms with Crippen molar-refractivity contribution in [3.8, 4) is 28.1 Å². The highest BCUT2D eigenvalue weighted by Crippen LogP contribution is 2.42. The number of likely N-dealkylation sites (N-methyl/N-ethyl adjacent to an activating group) is 1. The third-order valence-corrected chi connectivity index (χ3v) is 12.1. The number of rotatable bonds is 18. The molecule has 2 aliphatic heterocycles. The highest BCUT2D eigenvalue weighted by atomic mass is 16.5. The van der Waals surface area contributed by atoms with Gasteiger partial charge in [0.05, 0.1) is 24.1 Å². The summed E-state index contributed by atoms with van der Waals surface area (Å²) in [6, 6.07) is 13.7. The molecule has 0 saturated carbocycles. The summed E-state index contributed by atoms with van der Waals surface area (Å²) in [7, 11) is 3.29. The van der Waals surface area contributed by atoms with Crippen LogP contribution in [-0.4, -0.2) is 107 Å². The second-order valence-corrected chi connectivity index (χ2v) is 17.8. The first kappa shape index (κ1) is 46.2. The van der Waals surface area contributed by atoms with Crippen LogP contribution in [0.2, 0.25) is 0 Å². The first-order chi connectivity index (χ1) is 29.7. The van der Waals surface area contributed by atoms with E-state index in [2.05, 4.69) is 54.3 Å². The molecule has 3 N–H and O–H groups in total. The molecule has 14 nitrogen and oxygen atoms in total. The van der Waals surface area contributed by atoms with Crippen molar-refractivity contribution in [3.05, 3.63) is 71.5 Å². The van der Waals surface area contributed by atoms with Crippen LogP contribution in [0.1, 0.15) is 90.2 Å². The number of ether oxygens (including phenoxy) is 3. The van der Waals surface area contributed by atoms with Crippen LogP contribution in [0.15, 0.2) is 54.7 Å². The Balaban J connectivity index is 1.40. The monoisotopic (exact) mass is 852 g/mol. The van der Waals surface area contributed by atoms with Gasteiger partial charge in [0.2, 0.25) is 5.91 Å². The zero-order valence-electron chi connectivity index (χ0n) is 37.5. The van der Waals surface area contributed by atoms with Gasteiger partial charge in [0, 0.05) is 74.9 Å². The smallest absolute Gasteiger partial charge is 0.293 e. The molecule has 4 aromatic rings. The molecule has 0 bridgehead atoms. The van der Waals surface area contributed by atoms with E-state index in [1.807, 2.05) is 39.0 Å². The van der Waals surface area contributed by atoms with Crippen molar-refractivity contribution in [3.63, 3.8) is 0 Å². The quantitative estimate of drug-likeness (QED) is 0.0960. The summed E-state index contributed by atoms with van der Waals surface area (Å²) in [5.74, 6) is -1.21. The number of methoxy groups -OCH3 is 1. The molecule has 4 unspecified atom stereocenters. The van der Waals surface area contributed by atoms with Crippen molar-refractivity contribution < 1.29 is 38.5 Å². The fourth-order valence-electron chi connectivity index (χ4n) is 9.04. The summed E-state index contributed by atoms with van der Waals surface area (Å²) in [5.41, 5.74) is 9.82. The van der Waals surface area contributed by atoms with Crippen LogP contribution < -0.4 is 10.7 Å². The van der Waals surface area contributed by atoms with Crippen LogP contribution in [0, 0.1) is 11.3 Å². The van der Waals surface area contributed by atoms with Gasteiger partial charge < -0.3 is 34.1 Å². The van der Waals surface area contributed by atoms with Gasteiger partial charge in [-0.2, -0.15) is 0 Å². The number of phenols is 1. The maximum atomic E-state index is 14.3. The number of carbonyl (C=O) groups excluding carboxylic acids is 4. The van der Waals surface area contributed by atoms with E-state index in [1.54, 1.807) is 37.5 Å². The highest BCUT2D eigenvalue weighted by molar-refractivity contribution is 5.96. The molecule has 3 amide bonds. The maximum absolute atomic E-state index is 14.3. The predicted molar refractivity (Wildman–Crippen MR) is 238 cm³/mol. The molecule has 6 rings (SSSR count). The van der Waals surface area contributed by atoms with Crippen LogP contribution in [0.3, 0.4) is 0 Å². The van der Waals surface area contributed by atoms with Gasteiger partial charge in [-0.25, -0.2) is 5.43 Å². The number of hydrazine groups is 1. The van der Waals surface area contributed by atoms with Crippen LogP contribution in [0.25, 0.3) is 33.3 Å². The van der Waals surface area contributed by atoms with Crippen molar-refractivity contribution in [2.24, 2.45) is 11.3 Å². The molecule has 4 atom stereocenters. The minimum atomic E-state index is -0.996. The molecule has 0 radical (unpaired) electrons. The van der Waals surface area contributed by atoms with Crippen LogP contribution in [-0.2, 0) is 52.8 Å². The molecular weight excluding hydrogens is 789 g/mol. The van der Waals surface area contributed by atoms with Crippen molar-refractivity contribution in [1.82, 2.24) is 30.2 Å². The molecule has 2 fully saturated rings. The van der Waals surface area contributed by atoms with Gasteiger partial charge in [0.1, 0.15) is 23.9 Å². The minimum Gasteiger partial charge on any atom is -0.508 e. The summed E-state index contributed by atoms with van der Waals surface area (Å²) < 4.78 is 19.0. The van der Waals surface area contributed by atoms with Crippen LogP contribution >= 0.6 is 0 Å². The zero-order valence-corrected chi connectivity index (χ0v) is 37.5. The lowest BCUT2D eigenvalue weighted by Crippen LogP contribution is -2.60. The van der Waals surface area contributed by atoms with Crippen LogP contribution in [0.5, 0.6) is 5.75 Å². The Labute approximate surface area is 365 Å². The Kier molecular flexibility index (Phi) is 15.1. The summed E-state index contributed by atoms with van der Waals surface area (Å²) in [6.45, 7) is 15.0. The number of phenolic OH excluding ortho intramolecular Hbond substituents is 1. The fourth-order valence-corrected chi connectivity index (χ4v) is 9.04. The predicted octanol–water partition coefficient (Wildman–Crippen LogP) is 6.36. The molecule has 0 aliphatic carbocycles. The zero-order chi connectivity index (χ0) is 44.7. The second kappa shape index (κ2) is 20.3. The van der Waals surface area contributed by atoms with Crippen molar-refractivity contribution in [2.75, 3.05) is 40.5 Å². The second-order valence-electron chi connectivity index (χ2n) is 17.8. The Morgan fingerprint density at radius 3 is 2.55 bits per heavy atom. The minimum absolute atomic E-state index is 0.0147. The van der Waals surface area contributed by atoms with E-state index in [0.29, 0.717) is 51.1 Å². The lowest BCUT2D eigenvalue weighted by atomic mass is 9.84. The number of nitrogens with one attached hydrogen (secondary N) is 2. The average molecular weight is 853 g/mol. The van der Waals surface area contributed by atoms with Gasteiger partial charge in [0.15, 0.2) is 0 Å². The summed E-state index contributed by atoms with van der Waals surface area (Å²) in [4.78, 5) is 59.4. The maximum Gasteiger partial charge on any atom is 0.293 e. The van der Waals surface area contributed by atoms with Crippen molar-refractivity contribution in [1.29, 1.82) is 0 Å². The molecule has 334 valence electrons. The number of amides is 3. The number of hydrogen-bond acceptors (Lipinski definition) is 10. The summed E-state index contributed by atoms with van der Waals surface area (Å²) >= 11 is 0. The van der Waals surface area contributed by atoms with Crippen molar-refractivity contribution in [2.45, 2.75) is 111 Å². The van der Waals surface area contributed by atoms with E-state index in [1.165, 1.54) is 4.90 Å². The number of benzene rings is 2. The Morgan fingerprint density at radius 1 is 1.10 bits per heavy atom. The van der Waals surface area contributed by atoms with E-state index in [-0.39, 0.29) is 42.6 Å². The SMILES string of the molecule is CCn1c(-c2cccnc2C(C)OC)c(CC(C)(C)COC=O)c2cc(-c3cc(O)cc(CC(NC(=O)C(C(C)C)N(C)C(=O)C4CCCO4)C(=O)N4CCCCN4)c3)ccc21. The lowest BCUT2D eigenvalue weighted by Gasteiger charge is -2.35. The third-order valence-electron chi connectivity index (χ3n) is 12.1. The molecule has 2 aromatic heterocycles. The first-order valence-electron chi connectivity index (χ1n) is 21.9. The largest absolute Gasteiger partial charge is 0.508 e. The van der Waals surface area contributed by atoms with Crippen LogP contribution in [0.4, 0.5) is 0 Å². The van der Waals surface area contributed by atoms with Gasteiger partial charge >= 0.3 is 0 Å². The molecular formula is C48H64N6O8. The molecule has 0 spiro atoms. The molecule has 14 heteroatoms. The molecule has 2 aliphatic rings. The van der Waals surface area contributed by atoms with Gasteiger partial charge in [0.25, 0.3) is 18.3 Å². The molecule has 2 aromatic carbocycles. The van der Waals surface area contributed by atoms with E-state index in [4.69, 9.17) is 19.2 Å². The number of hydrogen-bond donors (Lipinski definition) is 3. The lowest BCUT2D eigenvalue weighted by molar-refractivity contribution is -0.148. The normalized spacial score (nSPS) is 17.2. The first-order valence-corrected chi connectivity index (χ1v) is 21.9.